The maximum absolute atomic E-state index is 12.4. The zero-order valence-corrected chi connectivity index (χ0v) is 13.7. The van der Waals surface area contributed by atoms with E-state index in [9.17, 15) is 4.79 Å². The molecule has 0 spiro atoms. The van der Waals surface area contributed by atoms with Crippen LogP contribution in [0.1, 0.15) is 28.8 Å². The number of aryl methyl sites for hydroxylation is 1. The number of carbonyl (C=O) groups excluding carboxylic acids is 1. The third-order valence-electron chi connectivity index (χ3n) is 3.48. The van der Waals surface area contributed by atoms with Gasteiger partial charge < -0.3 is 10.2 Å². The number of carbonyl (C=O) groups is 1. The number of nitrogens with zero attached hydrogens (tertiary/aromatic N) is 1. The van der Waals surface area contributed by atoms with Gasteiger partial charge in [-0.15, -0.1) is 12.4 Å². The Balaban J connectivity index is 0.00000180. The van der Waals surface area contributed by atoms with Crippen LogP contribution in [0.2, 0.25) is 0 Å². The summed E-state index contributed by atoms with van der Waals surface area (Å²) in [5.41, 5.74) is 1.89. The maximum Gasteiger partial charge on any atom is 0.253 e. The predicted molar refractivity (Wildman–Crippen MR) is 84.1 cm³/mol. The fraction of sp³-hybridized carbons (Fsp3) is 0.500. The quantitative estimate of drug-likeness (QED) is 0.892. The standard InChI is InChI=1S/C14H19BrN2O.ClH/c1-10-7-11(9-12(15)8-10)14(18)17-5-3-13(16-2)4-6-17;/h7-9,13,16H,3-6H2,1-2H3;1H. The summed E-state index contributed by atoms with van der Waals surface area (Å²) in [6, 6.07) is 6.43. The summed E-state index contributed by atoms with van der Waals surface area (Å²) in [7, 11) is 1.99. The van der Waals surface area contributed by atoms with E-state index in [1.165, 1.54) is 0 Å². The molecule has 0 aliphatic carbocycles. The normalized spacial score (nSPS) is 16.1. The van der Waals surface area contributed by atoms with Gasteiger partial charge in [-0.1, -0.05) is 15.9 Å². The molecular weight excluding hydrogens is 328 g/mol. The lowest BCUT2D eigenvalue weighted by molar-refractivity contribution is 0.0707. The van der Waals surface area contributed by atoms with E-state index in [1.54, 1.807) is 0 Å². The van der Waals surface area contributed by atoms with E-state index in [2.05, 4.69) is 21.2 Å². The summed E-state index contributed by atoms with van der Waals surface area (Å²) in [5, 5.41) is 3.28. The van der Waals surface area contributed by atoms with Crippen LogP contribution in [0.4, 0.5) is 0 Å². The van der Waals surface area contributed by atoms with Crippen molar-refractivity contribution in [3.8, 4) is 0 Å². The van der Waals surface area contributed by atoms with Gasteiger partial charge >= 0.3 is 0 Å². The average Bonchev–Trinajstić information content (AvgIpc) is 2.37. The molecule has 1 N–H and O–H groups in total. The van der Waals surface area contributed by atoms with Gasteiger partial charge in [-0.25, -0.2) is 0 Å². The molecule has 1 aliphatic heterocycles. The first-order valence-electron chi connectivity index (χ1n) is 6.34. The second-order valence-electron chi connectivity index (χ2n) is 4.87. The van der Waals surface area contributed by atoms with Crippen LogP contribution in [0.25, 0.3) is 0 Å². The number of hydrogen-bond donors (Lipinski definition) is 1. The molecule has 0 radical (unpaired) electrons. The average molecular weight is 348 g/mol. The van der Waals surface area contributed by atoms with E-state index in [0.29, 0.717) is 6.04 Å². The van der Waals surface area contributed by atoms with Crippen molar-refractivity contribution in [2.24, 2.45) is 0 Å². The largest absolute Gasteiger partial charge is 0.339 e. The second kappa shape index (κ2) is 7.27. The number of nitrogens with one attached hydrogen (secondary N) is 1. The van der Waals surface area contributed by atoms with Gasteiger partial charge in [0.05, 0.1) is 0 Å². The molecule has 1 aromatic rings. The lowest BCUT2D eigenvalue weighted by Crippen LogP contribution is -2.43. The topological polar surface area (TPSA) is 32.3 Å². The van der Waals surface area contributed by atoms with Crippen LogP contribution in [-0.2, 0) is 0 Å². The zero-order chi connectivity index (χ0) is 13.1. The third kappa shape index (κ3) is 4.20. The van der Waals surface area contributed by atoms with E-state index < -0.39 is 0 Å². The van der Waals surface area contributed by atoms with Gasteiger partial charge in [-0.3, -0.25) is 4.79 Å². The molecule has 19 heavy (non-hydrogen) atoms. The molecule has 1 aliphatic rings. The van der Waals surface area contributed by atoms with E-state index >= 15 is 0 Å². The summed E-state index contributed by atoms with van der Waals surface area (Å²) in [6.45, 7) is 3.70. The van der Waals surface area contributed by atoms with Gasteiger partial charge in [-0.2, -0.15) is 0 Å². The Morgan fingerprint density at radius 2 is 1.95 bits per heavy atom. The molecule has 106 valence electrons. The number of benzene rings is 1. The first-order chi connectivity index (χ1) is 8.60. The molecule has 1 saturated heterocycles. The highest BCUT2D eigenvalue weighted by molar-refractivity contribution is 9.10. The zero-order valence-electron chi connectivity index (χ0n) is 11.3. The molecule has 0 unspecified atom stereocenters. The third-order valence-corrected chi connectivity index (χ3v) is 3.94. The number of hydrogen-bond acceptors (Lipinski definition) is 2. The fourth-order valence-electron chi connectivity index (χ4n) is 2.41. The Bertz CT molecular complexity index is 425. The monoisotopic (exact) mass is 346 g/mol. The summed E-state index contributed by atoms with van der Waals surface area (Å²) in [6.07, 6.45) is 2.07. The number of amides is 1. The number of piperidine rings is 1. The molecule has 0 aromatic heterocycles. The molecule has 3 nitrogen and oxygen atoms in total. The predicted octanol–water partition coefficient (Wildman–Crippen LogP) is 3.00. The number of likely N-dealkylation sites (tertiary alicyclic amines) is 1. The molecule has 0 atom stereocenters. The molecule has 1 aromatic carbocycles. The van der Waals surface area contributed by atoms with Crippen LogP contribution in [-0.4, -0.2) is 37.0 Å². The highest BCUT2D eigenvalue weighted by Gasteiger charge is 2.22. The highest BCUT2D eigenvalue weighted by Crippen LogP contribution is 2.19. The number of rotatable bonds is 2. The van der Waals surface area contributed by atoms with Gasteiger partial charge in [0.25, 0.3) is 5.91 Å². The number of halogens is 2. The van der Waals surface area contributed by atoms with Crippen molar-refractivity contribution in [3.05, 3.63) is 33.8 Å². The van der Waals surface area contributed by atoms with Crippen molar-refractivity contribution in [2.75, 3.05) is 20.1 Å². The summed E-state index contributed by atoms with van der Waals surface area (Å²) < 4.78 is 0.968. The molecule has 1 heterocycles. The molecule has 1 fully saturated rings. The molecule has 1 amide bonds. The van der Waals surface area contributed by atoms with Crippen molar-refractivity contribution >= 4 is 34.2 Å². The second-order valence-corrected chi connectivity index (χ2v) is 5.79. The molecule has 5 heteroatoms. The smallest absolute Gasteiger partial charge is 0.253 e. The van der Waals surface area contributed by atoms with Crippen molar-refractivity contribution in [2.45, 2.75) is 25.8 Å². The van der Waals surface area contributed by atoms with Gasteiger partial charge in [-0.05, 0) is 50.6 Å². The summed E-state index contributed by atoms with van der Waals surface area (Å²) >= 11 is 3.45. The van der Waals surface area contributed by atoms with Gasteiger partial charge in [0.1, 0.15) is 0 Å². The summed E-state index contributed by atoms with van der Waals surface area (Å²) in [4.78, 5) is 14.3. The van der Waals surface area contributed by atoms with Gasteiger partial charge in [0, 0.05) is 29.2 Å². The van der Waals surface area contributed by atoms with E-state index in [-0.39, 0.29) is 18.3 Å². The Hall–Kier alpha value is -0.580. The Morgan fingerprint density at radius 3 is 2.47 bits per heavy atom. The van der Waals surface area contributed by atoms with Crippen molar-refractivity contribution in [3.63, 3.8) is 0 Å². The molecule has 2 rings (SSSR count). The van der Waals surface area contributed by atoms with Gasteiger partial charge in [0.2, 0.25) is 0 Å². The van der Waals surface area contributed by atoms with Crippen LogP contribution in [0, 0.1) is 6.92 Å². The first-order valence-corrected chi connectivity index (χ1v) is 7.13. The molecular formula is C14H20BrClN2O. The van der Waals surface area contributed by atoms with Crippen molar-refractivity contribution < 1.29 is 4.79 Å². The van der Waals surface area contributed by atoms with E-state index in [0.717, 1.165) is 41.5 Å². The minimum absolute atomic E-state index is 0. The SMILES string of the molecule is CNC1CCN(C(=O)c2cc(C)cc(Br)c2)CC1.Cl. The van der Waals surface area contributed by atoms with Crippen LogP contribution in [0.3, 0.4) is 0 Å². The van der Waals surface area contributed by atoms with E-state index in [4.69, 9.17) is 0 Å². The van der Waals surface area contributed by atoms with Crippen LogP contribution >= 0.6 is 28.3 Å². The minimum Gasteiger partial charge on any atom is -0.339 e. The van der Waals surface area contributed by atoms with Crippen molar-refractivity contribution in [1.82, 2.24) is 10.2 Å². The van der Waals surface area contributed by atoms with E-state index in [1.807, 2.05) is 37.1 Å². The van der Waals surface area contributed by atoms with Crippen molar-refractivity contribution in [1.29, 1.82) is 0 Å². The highest BCUT2D eigenvalue weighted by atomic mass is 79.9. The van der Waals surface area contributed by atoms with Crippen LogP contribution in [0.5, 0.6) is 0 Å². The Labute approximate surface area is 129 Å². The fourth-order valence-corrected chi connectivity index (χ4v) is 3.02. The molecule has 0 saturated carbocycles. The van der Waals surface area contributed by atoms with Gasteiger partial charge in [0.15, 0.2) is 0 Å². The summed E-state index contributed by atoms with van der Waals surface area (Å²) in [5.74, 6) is 0.147. The molecule has 0 bridgehead atoms. The first kappa shape index (κ1) is 16.5. The van der Waals surface area contributed by atoms with Crippen LogP contribution in [0.15, 0.2) is 22.7 Å². The maximum atomic E-state index is 12.4. The minimum atomic E-state index is 0. The lowest BCUT2D eigenvalue weighted by Gasteiger charge is -2.32. The lowest BCUT2D eigenvalue weighted by atomic mass is 10.0. The van der Waals surface area contributed by atoms with Crippen LogP contribution < -0.4 is 5.32 Å². The Kier molecular flexibility index (Phi) is 6.30. The Morgan fingerprint density at radius 1 is 1.32 bits per heavy atom.